The summed E-state index contributed by atoms with van der Waals surface area (Å²) in [4.78, 5) is 52.3. The van der Waals surface area contributed by atoms with Crippen molar-refractivity contribution in [3.05, 3.63) is 51.9 Å². The van der Waals surface area contributed by atoms with Crippen molar-refractivity contribution in [2.45, 2.75) is 32.4 Å². The topological polar surface area (TPSA) is 113 Å². The van der Waals surface area contributed by atoms with Crippen LogP contribution < -0.4 is 11.1 Å². The van der Waals surface area contributed by atoms with Gasteiger partial charge in [-0.15, -0.1) is 11.3 Å². The van der Waals surface area contributed by atoms with E-state index in [-0.39, 0.29) is 31.2 Å². The van der Waals surface area contributed by atoms with Gasteiger partial charge in [-0.25, -0.2) is 0 Å². The Bertz CT molecular complexity index is 1000. The number of nitrogens with one attached hydrogen (secondary N) is 1. The van der Waals surface area contributed by atoms with Gasteiger partial charge >= 0.3 is 0 Å². The molecule has 30 heavy (non-hydrogen) atoms. The highest BCUT2D eigenvalue weighted by molar-refractivity contribution is 7.17. The monoisotopic (exact) mass is 426 g/mol. The quantitative estimate of drug-likeness (QED) is 0.680. The van der Waals surface area contributed by atoms with Gasteiger partial charge in [0, 0.05) is 37.4 Å². The van der Waals surface area contributed by atoms with Crippen LogP contribution in [0.4, 0.5) is 5.00 Å². The van der Waals surface area contributed by atoms with Crippen LogP contribution in [0, 0.1) is 0 Å². The highest BCUT2D eigenvalue weighted by Gasteiger charge is 2.32. The molecule has 8 nitrogen and oxygen atoms in total. The second-order valence-electron chi connectivity index (χ2n) is 7.44. The SMILES string of the molecule is NC(=O)c1c(NC(=O)CN2C(=O)CCC2=O)sc2c1CCN(Cc1ccccc1)C2. The fourth-order valence-electron chi connectivity index (χ4n) is 3.89. The van der Waals surface area contributed by atoms with E-state index in [1.807, 2.05) is 18.2 Å². The van der Waals surface area contributed by atoms with E-state index < -0.39 is 11.8 Å². The lowest BCUT2D eigenvalue weighted by Gasteiger charge is -2.27. The number of carbonyl (C=O) groups is 4. The number of nitrogens with two attached hydrogens (primary N) is 1. The van der Waals surface area contributed by atoms with E-state index >= 15 is 0 Å². The zero-order valence-electron chi connectivity index (χ0n) is 16.3. The maximum Gasteiger partial charge on any atom is 0.251 e. The van der Waals surface area contributed by atoms with E-state index in [0.717, 1.165) is 28.4 Å². The second-order valence-corrected chi connectivity index (χ2v) is 8.55. The lowest BCUT2D eigenvalue weighted by Crippen LogP contribution is -2.37. The number of anilines is 1. The molecule has 1 aromatic carbocycles. The number of imide groups is 1. The molecule has 0 spiro atoms. The lowest BCUT2D eigenvalue weighted by molar-refractivity contribution is -0.141. The van der Waals surface area contributed by atoms with Gasteiger partial charge in [0.1, 0.15) is 11.5 Å². The average molecular weight is 426 g/mol. The number of hydrogen-bond donors (Lipinski definition) is 2. The molecule has 0 atom stereocenters. The number of likely N-dealkylation sites (tertiary alicyclic amines) is 1. The van der Waals surface area contributed by atoms with Crippen molar-refractivity contribution in [1.82, 2.24) is 9.80 Å². The first-order valence-electron chi connectivity index (χ1n) is 9.76. The smallest absolute Gasteiger partial charge is 0.251 e. The molecule has 0 unspecified atom stereocenters. The summed E-state index contributed by atoms with van der Waals surface area (Å²) < 4.78 is 0. The molecule has 4 amide bonds. The molecule has 2 aromatic rings. The van der Waals surface area contributed by atoms with Crippen molar-refractivity contribution < 1.29 is 19.2 Å². The Labute approximate surface area is 177 Å². The van der Waals surface area contributed by atoms with Crippen LogP contribution in [0.25, 0.3) is 0 Å². The minimum atomic E-state index is -0.590. The molecule has 0 saturated carbocycles. The molecule has 1 aromatic heterocycles. The number of carbonyl (C=O) groups excluding carboxylic acids is 4. The molecule has 4 rings (SSSR count). The highest BCUT2D eigenvalue weighted by Crippen LogP contribution is 2.37. The van der Waals surface area contributed by atoms with E-state index in [1.165, 1.54) is 16.9 Å². The molecule has 3 N–H and O–H groups in total. The minimum absolute atomic E-state index is 0.128. The van der Waals surface area contributed by atoms with Gasteiger partial charge < -0.3 is 11.1 Å². The van der Waals surface area contributed by atoms with Gasteiger partial charge in [-0.1, -0.05) is 30.3 Å². The molecule has 0 aliphatic carbocycles. The predicted octanol–water partition coefficient (Wildman–Crippen LogP) is 1.49. The van der Waals surface area contributed by atoms with Crippen LogP contribution in [0.2, 0.25) is 0 Å². The summed E-state index contributed by atoms with van der Waals surface area (Å²) in [7, 11) is 0. The van der Waals surface area contributed by atoms with E-state index in [4.69, 9.17) is 5.73 Å². The van der Waals surface area contributed by atoms with Crippen LogP contribution in [-0.2, 0) is 33.9 Å². The van der Waals surface area contributed by atoms with Gasteiger partial charge in [0.2, 0.25) is 17.7 Å². The van der Waals surface area contributed by atoms with Crippen LogP contribution in [0.15, 0.2) is 30.3 Å². The number of thiophene rings is 1. The van der Waals surface area contributed by atoms with Crippen LogP contribution in [0.5, 0.6) is 0 Å². The Hall–Kier alpha value is -3.04. The summed E-state index contributed by atoms with van der Waals surface area (Å²) in [6, 6.07) is 10.1. The van der Waals surface area contributed by atoms with Crippen LogP contribution in [0.1, 0.15) is 39.2 Å². The van der Waals surface area contributed by atoms with E-state index in [1.54, 1.807) is 0 Å². The van der Waals surface area contributed by atoms with Gasteiger partial charge in [-0.05, 0) is 17.5 Å². The van der Waals surface area contributed by atoms with Crippen molar-refractivity contribution in [2.24, 2.45) is 5.73 Å². The molecule has 0 radical (unpaired) electrons. The molecule has 0 bridgehead atoms. The number of fused-ring (bicyclic) bond motifs is 1. The van der Waals surface area contributed by atoms with Crippen molar-refractivity contribution in [3.8, 4) is 0 Å². The van der Waals surface area contributed by atoms with Gasteiger partial charge in [-0.2, -0.15) is 0 Å². The van der Waals surface area contributed by atoms with E-state index in [2.05, 4.69) is 22.3 Å². The number of nitrogens with zero attached hydrogens (tertiary/aromatic N) is 2. The van der Waals surface area contributed by atoms with Crippen LogP contribution in [0.3, 0.4) is 0 Å². The standard InChI is InChI=1S/C21H22N4O4S/c22-20(29)19-14-8-9-24(10-13-4-2-1-3-5-13)11-15(14)30-21(19)23-16(26)12-25-17(27)6-7-18(25)28/h1-5H,6-12H2,(H2,22,29)(H,23,26). The minimum Gasteiger partial charge on any atom is -0.365 e. The zero-order valence-corrected chi connectivity index (χ0v) is 17.2. The summed E-state index contributed by atoms with van der Waals surface area (Å²) in [5, 5.41) is 3.08. The largest absolute Gasteiger partial charge is 0.365 e. The van der Waals surface area contributed by atoms with Gasteiger partial charge in [0.05, 0.1) is 5.56 Å². The van der Waals surface area contributed by atoms with Crippen LogP contribution in [-0.4, -0.2) is 46.5 Å². The molecule has 156 valence electrons. The Morgan fingerprint density at radius 3 is 2.43 bits per heavy atom. The lowest BCUT2D eigenvalue weighted by atomic mass is 10.0. The number of rotatable bonds is 6. The molecule has 2 aliphatic heterocycles. The van der Waals surface area contributed by atoms with E-state index in [9.17, 15) is 19.2 Å². The van der Waals surface area contributed by atoms with Crippen molar-refractivity contribution in [2.75, 3.05) is 18.4 Å². The highest BCUT2D eigenvalue weighted by atomic mass is 32.1. The number of benzene rings is 1. The Kier molecular flexibility index (Phi) is 5.65. The average Bonchev–Trinajstić information content (AvgIpc) is 3.22. The normalized spacial score (nSPS) is 16.6. The third-order valence-electron chi connectivity index (χ3n) is 5.34. The molecule has 1 fully saturated rings. The Morgan fingerprint density at radius 2 is 1.77 bits per heavy atom. The third kappa shape index (κ3) is 4.12. The first-order valence-corrected chi connectivity index (χ1v) is 10.6. The number of primary amides is 1. The summed E-state index contributed by atoms with van der Waals surface area (Å²) >= 11 is 1.33. The first kappa shape index (κ1) is 20.2. The van der Waals surface area contributed by atoms with Gasteiger partial charge in [0.15, 0.2) is 0 Å². The maximum atomic E-state index is 12.4. The van der Waals surface area contributed by atoms with Gasteiger partial charge in [0.25, 0.3) is 5.91 Å². The molecule has 3 heterocycles. The van der Waals surface area contributed by atoms with Crippen molar-refractivity contribution in [3.63, 3.8) is 0 Å². The van der Waals surface area contributed by atoms with E-state index in [0.29, 0.717) is 23.5 Å². The predicted molar refractivity (Wildman–Crippen MR) is 112 cm³/mol. The van der Waals surface area contributed by atoms with Gasteiger partial charge in [-0.3, -0.25) is 29.0 Å². The molecule has 1 saturated heterocycles. The van der Waals surface area contributed by atoms with Crippen molar-refractivity contribution >= 4 is 40.0 Å². The summed E-state index contributed by atoms with van der Waals surface area (Å²) in [5.41, 5.74) is 8.03. The number of amides is 4. The second kappa shape index (κ2) is 8.37. The number of hydrogen-bond acceptors (Lipinski definition) is 6. The molecule has 9 heteroatoms. The van der Waals surface area contributed by atoms with Crippen LogP contribution >= 0.6 is 11.3 Å². The summed E-state index contributed by atoms with van der Waals surface area (Å²) in [6.45, 7) is 1.89. The fourth-order valence-corrected chi connectivity index (χ4v) is 5.20. The third-order valence-corrected chi connectivity index (χ3v) is 6.47. The molecule has 2 aliphatic rings. The maximum absolute atomic E-state index is 12.4. The summed E-state index contributed by atoms with van der Waals surface area (Å²) in [5.74, 6) is -1.81. The van der Waals surface area contributed by atoms with Crippen molar-refractivity contribution in [1.29, 1.82) is 0 Å². The fraction of sp³-hybridized carbons (Fsp3) is 0.333. The first-order chi connectivity index (χ1) is 14.4. The Balaban J connectivity index is 1.49. The summed E-state index contributed by atoms with van der Waals surface area (Å²) in [6.07, 6.45) is 0.919. The molecular formula is C21H22N4O4S. The molecular weight excluding hydrogens is 404 g/mol. The Morgan fingerprint density at radius 1 is 1.07 bits per heavy atom. The zero-order chi connectivity index (χ0) is 21.3.